The summed E-state index contributed by atoms with van der Waals surface area (Å²) in [5.41, 5.74) is 1.22. The number of amides is 2. The fourth-order valence-corrected chi connectivity index (χ4v) is 3.85. The Morgan fingerprint density at radius 1 is 1.13 bits per heavy atom. The number of hydrogen-bond donors (Lipinski definition) is 0. The number of benzene rings is 2. The second kappa shape index (κ2) is 9.23. The molecule has 3 rings (SSSR count). The second-order valence-electron chi connectivity index (χ2n) is 6.21. The van der Waals surface area contributed by atoms with Gasteiger partial charge in [0.25, 0.3) is 11.1 Å². The summed E-state index contributed by atoms with van der Waals surface area (Å²) in [4.78, 5) is 37.9. The lowest BCUT2D eigenvalue weighted by molar-refractivity contribution is -0.132. The van der Waals surface area contributed by atoms with Gasteiger partial charge in [0, 0.05) is 11.9 Å². The Bertz CT molecular complexity index is 1030. The first-order valence-electron chi connectivity index (χ1n) is 8.77. The molecule has 2 amide bonds. The Morgan fingerprint density at radius 2 is 1.77 bits per heavy atom. The van der Waals surface area contributed by atoms with Gasteiger partial charge in [-0.2, -0.15) is 0 Å². The zero-order valence-electron chi connectivity index (χ0n) is 16.4. The Hall–Kier alpha value is -2.97. The molecule has 1 fully saturated rings. The lowest BCUT2D eigenvalue weighted by Crippen LogP contribution is -2.27. The third kappa shape index (κ3) is 4.60. The molecule has 2 aromatic rings. The Balaban J connectivity index is 1.91. The van der Waals surface area contributed by atoms with Crippen LogP contribution in [0.3, 0.4) is 0 Å². The molecule has 1 heterocycles. The van der Waals surface area contributed by atoms with Crippen LogP contribution in [0.5, 0.6) is 17.2 Å². The van der Waals surface area contributed by atoms with Gasteiger partial charge in [-0.15, -0.1) is 0 Å². The number of methoxy groups -OCH3 is 2. The third-order valence-electron chi connectivity index (χ3n) is 4.19. The van der Waals surface area contributed by atoms with E-state index in [1.54, 1.807) is 42.5 Å². The highest BCUT2D eigenvalue weighted by Crippen LogP contribution is 2.41. The Kier molecular flexibility index (Phi) is 6.69. The molecule has 0 aliphatic carbocycles. The highest BCUT2D eigenvalue weighted by molar-refractivity contribution is 8.18. The number of thioether (sulfide) groups is 1. The molecule has 0 saturated carbocycles. The lowest BCUT2D eigenvalue weighted by Gasteiger charge is -2.14. The summed E-state index contributed by atoms with van der Waals surface area (Å²) in [6.45, 7) is 1.35. The van der Waals surface area contributed by atoms with Gasteiger partial charge in [-0.05, 0) is 47.2 Å². The van der Waals surface area contributed by atoms with Crippen molar-refractivity contribution in [3.05, 3.63) is 57.5 Å². The number of nitrogens with zero attached hydrogens (tertiary/aromatic N) is 1. The van der Waals surface area contributed by atoms with Gasteiger partial charge >= 0.3 is 5.97 Å². The first kappa shape index (κ1) is 21.7. The summed E-state index contributed by atoms with van der Waals surface area (Å²) >= 11 is 6.98. The number of ether oxygens (including phenoxy) is 3. The smallest absolute Gasteiger partial charge is 0.308 e. The zero-order valence-corrected chi connectivity index (χ0v) is 18.0. The third-order valence-corrected chi connectivity index (χ3v) is 5.46. The molecule has 0 aromatic heterocycles. The number of carbonyl (C=O) groups is 3. The molecule has 0 radical (unpaired) electrons. The van der Waals surface area contributed by atoms with E-state index in [4.69, 9.17) is 25.8 Å². The number of esters is 1. The van der Waals surface area contributed by atoms with E-state index in [1.165, 1.54) is 21.1 Å². The highest BCUT2D eigenvalue weighted by Gasteiger charge is 2.35. The van der Waals surface area contributed by atoms with Gasteiger partial charge in [-0.1, -0.05) is 29.8 Å². The normalized spacial score (nSPS) is 14.9. The molecule has 9 heteroatoms. The maximum absolute atomic E-state index is 12.8. The van der Waals surface area contributed by atoms with Crippen molar-refractivity contribution in [1.82, 2.24) is 4.90 Å². The van der Waals surface area contributed by atoms with Gasteiger partial charge in [0.1, 0.15) is 0 Å². The van der Waals surface area contributed by atoms with Crippen LogP contribution in [0.25, 0.3) is 6.08 Å². The molecular formula is C21H18ClNO6S. The van der Waals surface area contributed by atoms with Gasteiger partial charge in [0.2, 0.25) is 5.75 Å². The average Bonchev–Trinajstić information content (AvgIpc) is 2.97. The molecule has 0 atom stereocenters. The van der Waals surface area contributed by atoms with Crippen LogP contribution in [-0.2, 0) is 16.1 Å². The standard InChI is InChI=1S/C21H18ClNO6S/c1-12(24)29-19-16(27-2)8-13(9-17(19)28-3)10-18-20(25)23(21(26)30-18)11-14-6-4-5-7-15(14)22/h4-10H,11H2,1-3H3/b18-10-. The van der Waals surface area contributed by atoms with Crippen molar-refractivity contribution >= 4 is 46.6 Å². The van der Waals surface area contributed by atoms with Crippen molar-refractivity contribution in [3.8, 4) is 17.2 Å². The van der Waals surface area contributed by atoms with Crippen molar-refractivity contribution in [2.45, 2.75) is 13.5 Å². The number of halogens is 1. The Morgan fingerprint density at radius 3 is 2.33 bits per heavy atom. The van der Waals surface area contributed by atoms with Crippen LogP contribution in [0.4, 0.5) is 4.79 Å². The SMILES string of the molecule is COc1cc(/C=C2\SC(=O)N(Cc3ccccc3Cl)C2=O)cc(OC)c1OC(C)=O. The largest absolute Gasteiger partial charge is 0.493 e. The van der Waals surface area contributed by atoms with Crippen molar-refractivity contribution < 1.29 is 28.6 Å². The van der Waals surface area contributed by atoms with Crippen molar-refractivity contribution in [3.63, 3.8) is 0 Å². The summed E-state index contributed by atoms with van der Waals surface area (Å²) in [5, 5.41) is 0.0951. The summed E-state index contributed by atoms with van der Waals surface area (Å²) in [6, 6.07) is 10.2. The van der Waals surface area contributed by atoms with Gasteiger partial charge < -0.3 is 14.2 Å². The zero-order chi connectivity index (χ0) is 21.8. The van der Waals surface area contributed by atoms with Crippen LogP contribution in [0.15, 0.2) is 41.3 Å². The van der Waals surface area contributed by atoms with Crippen molar-refractivity contribution in [2.75, 3.05) is 14.2 Å². The number of rotatable bonds is 6. The maximum atomic E-state index is 12.8. The maximum Gasteiger partial charge on any atom is 0.308 e. The fraction of sp³-hybridized carbons (Fsp3) is 0.190. The molecule has 7 nitrogen and oxygen atoms in total. The molecule has 1 aliphatic rings. The van der Waals surface area contributed by atoms with E-state index in [0.29, 0.717) is 16.1 Å². The van der Waals surface area contributed by atoms with E-state index in [0.717, 1.165) is 16.7 Å². The molecular weight excluding hydrogens is 430 g/mol. The number of carbonyl (C=O) groups excluding carboxylic acids is 3. The van der Waals surface area contributed by atoms with E-state index in [-0.39, 0.29) is 33.9 Å². The monoisotopic (exact) mass is 447 g/mol. The lowest BCUT2D eigenvalue weighted by atomic mass is 10.1. The molecule has 1 saturated heterocycles. The van der Waals surface area contributed by atoms with Crippen LogP contribution in [0, 0.1) is 0 Å². The van der Waals surface area contributed by atoms with E-state index >= 15 is 0 Å². The molecule has 0 unspecified atom stereocenters. The molecule has 0 spiro atoms. The van der Waals surface area contributed by atoms with E-state index in [2.05, 4.69) is 0 Å². The fourth-order valence-electron chi connectivity index (χ4n) is 2.81. The van der Waals surface area contributed by atoms with Crippen molar-refractivity contribution in [1.29, 1.82) is 0 Å². The van der Waals surface area contributed by atoms with Crippen LogP contribution < -0.4 is 14.2 Å². The van der Waals surface area contributed by atoms with E-state index in [1.807, 2.05) is 0 Å². The molecule has 0 bridgehead atoms. The molecule has 30 heavy (non-hydrogen) atoms. The van der Waals surface area contributed by atoms with Gasteiger partial charge in [0.05, 0.1) is 25.7 Å². The van der Waals surface area contributed by atoms with Gasteiger partial charge in [0.15, 0.2) is 11.5 Å². The predicted octanol–water partition coefficient (Wildman–Crippen LogP) is 4.52. The van der Waals surface area contributed by atoms with E-state index < -0.39 is 11.9 Å². The van der Waals surface area contributed by atoms with Crippen LogP contribution in [-0.4, -0.2) is 36.2 Å². The minimum Gasteiger partial charge on any atom is -0.493 e. The van der Waals surface area contributed by atoms with Crippen LogP contribution in [0.2, 0.25) is 5.02 Å². The second-order valence-corrected chi connectivity index (χ2v) is 7.61. The molecule has 1 aliphatic heterocycles. The van der Waals surface area contributed by atoms with Crippen LogP contribution >= 0.6 is 23.4 Å². The quantitative estimate of drug-likeness (QED) is 0.366. The van der Waals surface area contributed by atoms with Gasteiger partial charge in [-0.25, -0.2) is 0 Å². The summed E-state index contributed by atoms with van der Waals surface area (Å²) < 4.78 is 15.7. The minimum absolute atomic E-state index is 0.0830. The first-order chi connectivity index (χ1) is 14.3. The summed E-state index contributed by atoms with van der Waals surface area (Å²) in [5.74, 6) is -0.305. The van der Waals surface area contributed by atoms with Gasteiger partial charge in [-0.3, -0.25) is 19.3 Å². The average molecular weight is 448 g/mol. The number of hydrogen-bond acceptors (Lipinski definition) is 7. The molecule has 156 valence electrons. The Labute approximate surface area is 182 Å². The minimum atomic E-state index is -0.528. The first-order valence-corrected chi connectivity index (χ1v) is 9.96. The predicted molar refractivity (Wildman–Crippen MR) is 114 cm³/mol. The van der Waals surface area contributed by atoms with E-state index in [9.17, 15) is 14.4 Å². The topological polar surface area (TPSA) is 82.1 Å². The van der Waals surface area contributed by atoms with Crippen LogP contribution in [0.1, 0.15) is 18.1 Å². The van der Waals surface area contributed by atoms with Crippen molar-refractivity contribution in [2.24, 2.45) is 0 Å². The molecule has 0 N–H and O–H groups in total. The summed E-state index contributed by atoms with van der Waals surface area (Å²) in [6.07, 6.45) is 1.56. The summed E-state index contributed by atoms with van der Waals surface area (Å²) in [7, 11) is 2.84. The molecule has 2 aromatic carbocycles. The number of imide groups is 1. The highest BCUT2D eigenvalue weighted by atomic mass is 35.5.